The van der Waals surface area contributed by atoms with Crippen LogP contribution in [0.15, 0.2) is 94.3 Å². The molecule has 0 spiro atoms. The number of nitrogens with one attached hydrogen (secondary N) is 1. The van der Waals surface area contributed by atoms with E-state index in [-0.39, 0.29) is 5.56 Å². The van der Waals surface area contributed by atoms with Crippen molar-refractivity contribution in [2.24, 2.45) is 4.99 Å². The molecule has 0 saturated carbocycles. The van der Waals surface area contributed by atoms with E-state index >= 15 is 0 Å². The quantitative estimate of drug-likeness (QED) is 0.367. The second-order valence-corrected chi connectivity index (χ2v) is 6.83. The summed E-state index contributed by atoms with van der Waals surface area (Å²) in [5, 5.41) is 12.6. The molecule has 1 heterocycles. The number of carbonyl (C=O) groups is 1. The van der Waals surface area contributed by atoms with Gasteiger partial charge in [-0.25, -0.2) is 4.79 Å². The normalized spacial score (nSPS) is 11.0. The third-order valence-corrected chi connectivity index (χ3v) is 4.65. The molecule has 1 aromatic heterocycles. The largest absolute Gasteiger partial charge is 0.478 e. The Morgan fingerprint density at radius 1 is 0.933 bits per heavy atom. The number of aromatic carboxylic acids is 1. The van der Waals surface area contributed by atoms with Gasteiger partial charge in [-0.2, -0.15) is 0 Å². The maximum absolute atomic E-state index is 11.3. The number of carboxylic acid groups (broad SMARTS) is 1. The molecule has 0 unspecified atom stereocenters. The fourth-order valence-corrected chi connectivity index (χ4v) is 3.04. The molecule has 0 aliphatic rings. The SMILES string of the molecule is Cc1ccc(-c2ccc(C=Nc3ccc(Nc4ccccc4)cc3)o2)cc1C(=O)O. The highest BCUT2D eigenvalue weighted by Crippen LogP contribution is 2.25. The molecule has 148 valence electrons. The Balaban J connectivity index is 1.46. The van der Waals surface area contributed by atoms with E-state index in [1.165, 1.54) is 0 Å². The molecule has 0 atom stereocenters. The van der Waals surface area contributed by atoms with Gasteiger partial charge in [-0.05, 0) is 67.1 Å². The van der Waals surface area contributed by atoms with Gasteiger partial charge in [0.1, 0.15) is 11.5 Å². The van der Waals surface area contributed by atoms with Crippen molar-refractivity contribution in [3.8, 4) is 11.3 Å². The lowest BCUT2D eigenvalue weighted by molar-refractivity contribution is 0.0696. The number of nitrogens with zero attached hydrogens (tertiary/aromatic N) is 1. The molecule has 0 aliphatic carbocycles. The zero-order chi connectivity index (χ0) is 20.9. The number of hydrogen-bond donors (Lipinski definition) is 2. The summed E-state index contributed by atoms with van der Waals surface area (Å²) >= 11 is 0. The third-order valence-electron chi connectivity index (χ3n) is 4.65. The summed E-state index contributed by atoms with van der Waals surface area (Å²) in [6.45, 7) is 1.77. The van der Waals surface area contributed by atoms with Crippen LogP contribution in [0.4, 0.5) is 17.1 Å². The van der Waals surface area contributed by atoms with Crippen molar-refractivity contribution >= 4 is 29.2 Å². The second kappa shape index (κ2) is 8.49. The van der Waals surface area contributed by atoms with Crippen LogP contribution in [0.2, 0.25) is 0 Å². The van der Waals surface area contributed by atoms with E-state index in [0.29, 0.717) is 22.6 Å². The van der Waals surface area contributed by atoms with Gasteiger partial charge in [-0.3, -0.25) is 4.99 Å². The zero-order valence-corrected chi connectivity index (χ0v) is 16.4. The molecule has 0 aliphatic heterocycles. The minimum atomic E-state index is -0.951. The van der Waals surface area contributed by atoms with E-state index in [9.17, 15) is 9.90 Å². The molecular formula is C25H20N2O3. The lowest BCUT2D eigenvalue weighted by Gasteiger charge is -2.05. The van der Waals surface area contributed by atoms with E-state index in [4.69, 9.17) is 4.42 Å². The average molecular weight is 396 g/mol. The first kappa shape index (κ1) is 19.2. The van der Waals surface area contributed by atoms with Crippen LogP contribution in [0.25, 0.3) is 11.3 Å². The first-order chi connectivity index (χ1) is 14.6. The van der Waals surface area contributed by atoms with Crippen LogP contribution in [0.3, 0.4) is 0 Å². The highest BCUT2D eigenvalue weighted by atomic mass is 16.4. The summed E-state index contributed by atoms with van der Waals surface area (Å²) in [7, 11) is 0. The fraction of sp³-hybridized carbons (Fsp3) is 0.0400. The van der Waals surface area contributed by atoms with E-state index in [2.05, 4.69) is 10.3 Å². The molecule has 4 rings (SSSR count). The molecule has 2 N–H and O–H groups in total. The standard InChI is InChI=1S/C25H20N2O3/c1-17-7-8-18(15-23(17)25(28)29)24-14-13-22(30-24)16-26-19-9-11-21(12-10-19)27-20-5-3-2-4-6-20/h2-16,27H,1H3,(H,28,29). The summed E-state index contributed by atoms with van der Waals surface area (Å²) in [6.07, 6.45) is 1.65. The fourth-order valence-electron chi connectivity index (χ4n) is 3.04. The monoisotopic (exact) mass is 396 g/mol. The molecule has 3 aromatic carbocycles. The molecule has 5 nitrogen and oxygen atoms in total. The topological polar surface area (TPSA) is 74.8 Å². The summed E-state index contributed by atoms with van der Waals surface area (Å²) in [6, 6.07) is 26.6. The van der Waals surface area contributed by atoms with Gasteiger partial charge in [0, 0.05) is 16.9 Å². The van der Waals surface area contributed by atoms with Crippen molar-refractivity contribution in [2.45, 2.75) is 6.92 Å². The predicted molar refractivity (Wildman–Crippen MR) is 119 cm³/mol. The Morgan fingerprint density at radius 2 is 1.67 bits per heavy atom. The van der Waals surface area contributed by atoms with Crippen molar-refractivity contribution in [1.29, 1.82) is 0 Å². The van der Waals surface area contributed by atoms with E-state index in [1.54, 1.807) is 25.3 Å². The Labute approximate surface area is 174 Å². The Kier molecular flexibility index (Phi) is 5.44. The number of aryl methyl sites for hydroxylation is 1. The minimum absolute atomic E-state index is 0.267. The number of hydrogen-bond acceptors (Lipinski definition) is 4. The number of benzene rings is 3. The molecule has 0 saturated heterocycles. The number of carboxylic acids is 1. The van der Waals surface area contributed by atoms with Gasteiger partial charge in [0.25, 0.3) is 0 Å². The molecule has 5 heteroatoms. The van der Waals surface area contributed by atoms with Crippen LogP contribution >= 0.6 is 0 Å². The molecule has 30 heavy (non-hydrogen) atoms. The first-order valence-corrected chi connectivity index (χ1v) is 9.49. The maximum Gasteiger partial charge on any atom is 0.335 e. The number of furan rings is 1. The molecule has 4 aromatic rings. The lowest BCUT2D eigenvalue weighted by atomic mass is 10.0. The molecular weight excluding hydrogens is 376 g/mol. The average Bonchev–Trinajstić information content (AvgIpc) is 3.23. The third kappa shape index (κ3) is 4.47. The molecule has 0 fully saturated rings. The van der Waals surface area contributed by atoms with Gasteiger partial charge in [0.2, 0.25) is 0 Å². The number of rotatable bonds is 6. The van der Waals surface area contributed by atoms with Crippen molar-refractivity contribution < 1.29 is 14.3 Å². The highest BCUT2D eigenvalue weighted by molar-refractivity contribution is 5.91. The summed E-state index contributed by atoms with van der Waals surface area (Å²) in [4.78, 5) is 15.8. The van der Waals surface area contributed by atoms with Crippen molar-refractivity contribution in [1.82, 2.24) is 0 Å². The predicted octanol–water partition coefficient (Wildman–Crippen LogP) is 6.45. The molecule has 0 amide bonds. The summed E-state index contributed by atoms with van der Waals surface area (Å²) < 4.78 is 5.81. The molecule has 0 bridgehead atoms. The number of para-hydroxylation sites is 1. The van der Waals surface area contributed by atoms with Gasteiger partial charge in [0.15, 0.2) is 0 Å². The summed E-state index contributed by atoms with van der Waals surface area (Å²) in [5.74, 6) is 0.239. The smallest absolute Gasteiger partial charge is 0.335 e. The second-order valence-electron chi connectivity index (χ2n) is 6.83. The maximum atomic E-state index is 11.3. The van der Waals surface area contributed by atoms with Crippen LogP contribution < -0.4 is 5.32 Å². The van der Waals surface area contributed by atoms with Crippen LogP contribution in [-0.2, 0) is 0 Å². The Hall–Kier alpha value is -4.12. The van der Waals surface area contributed by atoms with Gasteiger partial charge in [0.05, 0.1) is 17.5 Å². The number of aliphatic imine (C=N–C) groups is 1. The van der Waals surface area contributed by atoms with Crippen molar-refractivity contribution in [3.63, 3.8) is 0 Å². The van der Waals surface area contributed by atoms with E-state index in [1.807, 2.05) is 72.8 Å². The van der Waals surface area contributed by atoms with Crippen LogP contribution in [-0.4, -0.2) is 17.3 Å². The van der Waals surface area contributed by atoms with Crippen LogP contribution in [0.5, 0.6) is 0 Å². The van der Waals surface area contributed by atoms with Crippen LogP contribution in [0.1, 0.15) is 21.7 Å². The molecule has 0 radical (unpaired) electrons. The van der Waals surface area contributed by atoms with Crippen molar-refractivity contribution in [3.05, 3.63) is 102 Å². The van der Waals surface area contributed by atoms with Crippen LogP contribution in [0, 0.1) is 6.92 Å². The van der Waals surface area contributed by atoms with Gasteiger partial charge >= 0.3 is 5.97 Å². The van der Waals surface area contributed by atoms with E-state index < -0.39 is 5.97 Å². The van der Waals surface area contributed by atoms with E-state index in [0.717, 1.165) is 17.1 Å². The number of anilines is 2. The van der Waals surface area contributed by atoms with Crippen molar-refractivity contribution in [2.75, 3.05) is 5.32 Å². The zero-order valence-electron chi connectivity index (χ0n) is 16.4. The highest BCUT2D eigenvalue weighted by Gasteiger charge is 2.11. The van der Waals surface area contributed by atoms with Gasteiger partial charge < -0.3 is 14.8 Å². The van der Waals surface area contributed by atoms with Gasteiger partial charge in [-0.15, -0.1) is 0 Å². The Morgan fingerprint density at radius 3 is 2.40 bits per heavy atom. The first-order valence-electron chi connectivity index (χ1n) is 9.49. The lowest BCUT2D eigenvalue weighted by Crippen LogP contribution is -1.99. The summed E-state index contributed by atoms with van der Waals surface area (Å²) in [5.41, 5.74) is 4.50. The van der Waals surface area contributed by atoms with Gasteiger partial charge in [-0.1, -0.05) is 30.3 Å². The minimum Gasteiger partial charge on any atom is -0.478 e. The Bertz CT molecular complexity index is 1190.